The van der Waals surface area contributed by atoms with Crippen molar-refractivity contribution in [3.63, 3.8) is 0 Å². The molecule has 1 aromatic carbocycles. The number of rotatable bonds is 4. The molecule has 0 heterocycles. The molecule has 0 radical (unpaired) electrons. The summed E-state index contributed by atoms with van der Waals surface area (Å²) in [4.78, 5) is 0.0703. The van der Waals surface area contributed by atoms with E-state index in [1.807, 2.05) is 0 Å². The highest BCUT2D eigenvalue weighted by atomic mass is 79.9. The molecular formula is C12H15BrClNO3S. The van der Waals surface area contributed by atoms with Crippen molar-refractivity contribution in [3.05, 3.63) is 27.7 Å². The standard InChI is InChI=1S/C12H15BrClNO3S/c13-9-4-5-12(10(14)6-9)19(17,18)15-11-3-1-2-8(11)7-16/h4-6,8,11,15-16H,1-3,7H2. The lowest BCUT2D eigenvalue weighted by Crippen LogP contribution is -2.38. The molecule has 19 heavy (non-hydrogen) atoms. The van der Waals surface area contributed by atoms with Gasteiger partial charge in [0.1, 0.15) is 4.90 Å². The number of hydrogen-bond donors (Lipinski definition) is 2. The van der Waals surface area contributed by atoms with Crippen molar-refractivity contribution < 1.29 is 13.5 Å². The lowest BCUT2D eigenvalue weighted by Gasteiger charge is -2.19. The van der Waals surface area contributed by atoms with Gasteiger partial charge in [0.25, 0.3) is 0 Å². The Kier molecular flexibility index (Phi) is 4.89. The third kappa shape index (κ3) is 3.49. The van der Waals surface area contributed by atoms with E-state index in [2.05, 4.69) is 20.7 Å². The van der Waals surface area contributed by atoms with Crippen LogP contribution in [0.2, 0.25) is 5.02 Å². The Morgan fingerprint density at radius 2 is 2.16 bits per heavy atom. The van der Waals surface area contributed by atoms with Crippen LogP contribution in [0.3, 0.4) is 0 Å². The second-order valence-corrected chi connectivity index (χ2v) is 7.68. The summed E-state index contributed by atoms with van der Waals surface area (Å²) in [6.45, 7) is 0.00125. The highest BCUT2D eigenvalue weighted by molar-refractivity contribution is 9.10. The summed E-state index contributed by atoms with van der Waals surface area (Å²) >= 11 is 9.21. The first-order valence-corrected chi connectivity index (χ1v) is 8.67. The van der Waals surface area contributed by atoms with Gasteiger partial charge < -0.3 is 5.11 Å². The fourth-order valence-electron chi connectivity index (χ4n) is 2.37. The van der Waals surface area contributed by atoms with Gasteiger partial charge in [0.15, 0.2) is 0 Å². The number of benzene rings is 1. The third-order valence-electron chi connectivity index (χ3n) is 3.38. The molecular weight excluding hydrogens is 354 g/mol. The normalized spacial score (nSPS) is 23.7. The maximum Gasteiger partial charge on any atom is 0.242 e. The zero-order valence-electron chi connectivity index (χ0n) is 10.1. The highest BCUT2D eigenvalue weighted by Crippen LogP contribution is 2.29. The van der Waals surface area contributed by atoms with Crippen LogP contribution in [-0.4, -0.2) is 26.2 Å². The fourth-order valence-corrected chi connectivity index (χ4v) is 4.74. The average Bonchev–Trinajstić information content (AvgIpc) is 2.74. The van der Waals surface area contributed by atoms with Gasteiger partial charge in [0.2, 0.25) is 10.0 Å². The average molecular weight is 369 g/mol. The molecule has 0 aliphatic heterocycles. The van der Waals surface area contributed by atoms with Gasteiger partial charge in [-0.2, -0.15) is 0 Å². The van der Waals surface area contributed by atoms with Gasteiger partial charge >= 0.3 is 0 Å². The largest absolute Gasteiger partial charge is 0.396 e. The fraction of sp³-hybridized carbons (Fsp3) is 0.500. The maximum absolute atomic E-state index is 12.3. The molecule has 4 nitrogen and oxygen atoms in total. The summed E-state index contributed by atoms with van der Waals surface area (Å²) in [6, 6.07) is 4.44. The Hall–Kier alpha value is -0.140. The van der Waals surface area contributed by atoms with Crippen molar-refractivity contribution in [2.75, 3.05) is 6.61 Å². The van der Waals surface area contributed by atoms with Gasteiger partial charge in [-0.05, 0) is 37.0 Å². The Labute approximate surface area is 126 Å². The van der Waals surface area contributed by atoms with E-state index in [0.717, 1.165) is 23.7 Å². The monoisotopic (exact) mass is 367 g/mol. The van der Waals surface area contributed by atoms with Crippen LogP contribution in [0.1, 0.15) is 19.3 Å². The lowest BCUT2D eigenvalue weighted by atomic mass is 10.1. The molecule has 1 aliphatic carbocycles. The Morgan fingerprint density at radius 3 is 2.79 bits per heavy atom. The van der Waals surface area contributed by atoms with Crippen LogP contribution in [0.4, 0.5) is 0 Å². The molecule has 0 saturated heterocycles. The summed E-state index contributed by atoms with van der Waals surface area (Å²) < 4.78 is 28.0. The minimum absolute atomic E-state index is 0.00125. The zero-order chi connectivity index (χ0) is 14.0. The van der Waals surface area contributed by atoms with Crippen molar-refractivity contribution in [2.24, 2.45) is 5.92 Å². The topological polar surface area (TPSA) is 66.4 Å². The summed E-state index contributed by atoms with van der Waals surface area (Å²) in [6.07, 6.45) is 2.52. The van der Waals surface area contributed by atoms with E-state index in [1.54, 1.807) is 12.1 Å². The Bertz CT molecular complexity index is 564. The molecule has 0 spiro atoms. The SMILES string of the molecule is O=S(=O)(NC1CCCC1CO)c1ccc(Br)cc1Cl. The van der Waals surface area contributed by atoms with Crippen molar-refractivity contribution in [1.29, 1.82) is 0 Å². The minimum atomic E-state index is -3.65. The highest BCUT2D eigenvalue weighted by Gasteiger charge is 2.31. The summed E-state index contributed by atoms with van der Waals surface area (Å²) in [5.41, 5.74) is 0. The lowest BCUT2D eigenvalue weighted by molar-refractivity contribution is 0.213. The van der Waals surface area contributed by atoms with Crippen LogP contribution < -0.4 is 4.72 Å². The number of aliphatic hydroxyl groups excluding tert-OH is 1. The van der Waals surface area contributed by atoms with Gasteiger partial charge in [-0.25, -0.2) is 13.1 Å². The van der Waals surface area contributed by atoms with E-state index in [-0.39, 0.29) is 28.5 Å². The quantitative estimate of drug-likeness (QED) is 0.858. The van der Waals surface area contributed by atoms with E-state index >= 15 is 0 Å². The van der Waals surface area contributed by atoms with Gasteiger partial charge in [-0.3, -0.25) is 0 Å². The summed E-state index contributed by atoms with van der Waals surface area (Å²) in [5.74, 6) is -0.0102. The molecule has 2 N–H and O–H groups in total. The number of aliphatic hydroxyl groups is 1. The second kappa shape index (κ2) is 6.10. The van der Waals surface area contributed by atoms with Gasteiger partial charge in [0.05, 0.1) is 5.02 Å². The zero-order valence-corrected chi connectivity index (χ0v) is 13.3. The van der Waals surface area contributed by atoms with Crippen LogP contribution in [0.5, 0.6) is 0 Å². The van der Waals surface area contributed by atoms with Crippen molar-refractivity contribution >= 4 is 37.6 Å². The molecule has 1 saturated carbocycles. The van der Waals surface area contributed by atoms with Crippen LogP contribution >= 0.6 is 27.5 Å². The Balaban J connectivity index is 2.23. The first kappa shape index (κ1) is 15.3. The predicted molar refractivity (Wildman–Crippen MR) is 77.7 cm³/mol. The molecule has 0 aromatic heterocycles. The number of halogens is 2. The van der Waals surface area contributed by atoms with Gasteiger partial charge in [-0.1, -0.05) is 34.0 Å². The molecule has 2 unspecified atom stereocenters. The first-order chi connectivity index (χ1) is 8.94. The smallest absolute Gasteiger partial charge is 0.242 e. The molecule has 0 amide bonds. The molecule has 1 aliphatic rings. The predicted octanol–water partition coefficient (Wildman–Crippen LogP) is 2.54. The van der Waals surface area contributed by atoms with E-state index in [0.29, 0.717) is 0 Å². The van der Waals surface area contributed by atoms with E-state index in [4.69, 9.17) is 11.6 Å². The van der Waals surface area contributed by atoms with Gasteiger partial charge in [0, 0.05) is 17.1 Å². The first-order valence-electron chi connectivity index (χ1n) is 6.02. The molecule has 7 heteroatoms. The van der Waals surface area contributed by atoms with Crippen LogP contribution in [0.25, 0.3) is 0 Å². The van der Waals surface area contributed by atoms with Gasteiger partial charge in [-0.15, -0.1) is 0 Å². The van der Waals surface area contributed by atoms with E-state index in [9.17, 15) is 13.5 Å². The Morgan fingerprint density at radius 1 is 1.42 bits per heavy atom. The molecule has 106 valence electrons. The molecule has 2 atom stereocenters. The molecule has 0 bridgehead atoms. The van der Waals surface area contributed by atoms with E-state index < -0.39 is 10.0 Å². The van der Waals surface area contributed by atoms with Crippen molar-refractivity contribution in [3.8, 4) is 0 Å². The van der Waals surface area contributed by atoms with Crippen LogP contribution in [0.15, 0.2) is 27.6 Å². The number of hydrogen-bond acceptors (Lipinski definition) is 3. The maximum atomic E-state index is 12.3. The van der Waals surface area contributed by atoms with Crippen LogP contribution in [-0.2, 0) is 10.0 Å². The second-order valence-electron chi connectivity index (χ2n) is 4.68. The third-order valence-corrected chi connectivity index (χ3v) is 5.85. The molecule has 2 rings (SSSR count). The van der Waals surface area contributed by atoms with Crippen molar-refractivity contribution in [2.45, 2.75) is 30.2 Å². The summed E-state index contributed by atoms with van der Waals surface area (Å²) in [5, 5.41) is 9.41. The van der Waals surface area contributed by atoms with E-state index in [1.165, 1.54) is 6.07 Å². The van der Waals surface area contributed by atoms with Crippen molar-refractivity contribution in [1.82, 2.24) is 4.72 Å². The molecule has 1 aromatic rings. The van der Waals surface area contributed by atoms with Crippen LogP contribution in [0, 0.1) is 5.92 Å². The summed E-state index contributed by atoms with van der Waals surface area (Å²) in [7, 11) is -3.65. The number of sulfonamides is 1. The minimum Gasteiger partial charge on any atom is -0.396 e. The molecule has 1 fully saturated rings. The number of nitrogens with one attached hydrogen (secondary N) is 1.